The van der Waals surface area contributed by atoms with E-state index in [1.807, 2.05) is 0 Å². The second-order valence-corrected chi connectivity index (χ2v) is 4.89. The van der Waals surface area contributed by atoms with Gasteiger partial charge >= 0.3 is 0 Å². The summed E-state index contributed by atoms with van der Waals surface area (Å²) in [5.74, 6) is 1.01. The molecule has 1 aromatic carbocycles. The fraction of sp³-hybridized carbons (Fsp3) is 0.571. The van der Waals surface area contributed by atoms with Crippen LogP contribution in [0.5, 0.6) is 17.2 Å². The van der Waals surface area contributed by atoms with Crippen molar-refractivity contribution >= 4 is 0 Å². The van der Waals surface area contributed by atoms with Gasteiger partial charge in [0.05, 0.1) is 7.11 Å². The molecular weight excluding hydrogens is 249 g/mol. The molecule has 0 aliphatic carbocycles. The maximum atomic E-state index is 14.0. The predicted octanol–water partition coefficient (Wildman–Crippen LogP) is 1.90. The van der Waals surface area contributed by atoms with E-state index in [1.54, 1.807) is 0 Å². The van der Waals surface area contributed by atoms with Gasteiger partial charge in [0.15, 0.2) is 23.1 Å². The summed E-state index contributed by atoms with van der Waals surface area (Å²) in [6, 6.07) is 1.70. The van der Waals surface area contributed by atoms with Gasteiger partial charge < -0.3 is 19.5 Å². The molecule has 0 aromatic heterocycles. The van der Waals surface area contributed by atoms with Crippen molar-refractivity contribution in [3.8, 4) is 17.2 Å². The van der Waals surface area contributed by atoms with E-state index in [9.17, 15) is 4.39 Å². The third kappa shape index (κ3) is 2.34. The number of rotatable bonds is 3. The summed E-state index contributed by atoms with van der Waals surface area (Å²) >= 11 is 0. The second kappa shape index (κ2) is 5.25. The Bertz CT molecular complexity index is 472. The van der Waals surface area contributed by atoms with E-state index in [0.717, 1.165) is 24.9 Å². The van der Waals surface area contributed by atoms with Gasteiger partial charge in [0, 0.05) is 17.7 Å². The summed E-state index contributed by atoms with van der Waals surface area (Å²) in [5, 5.41) is 3.41. The van der Waals surface area contributed by atoms with Gasteiger partial charge in [-0.3, -0.25) is 0 Å². The lowest BCUT2D eigenvalue weighted by Gasteiger charge is -2.24. The molecule has 1 atom stereocenters. The molecular formula is C14H18FNO3. The third-order valence-electron chi connectivity index (χ3n) is 3.65. The third-order valence-corrected chi connectivity index (χ3v) is 3.65. The molecule has 5 heteroatoms. The SMILES string of the molecule is COc1c(F)cc2c(c1CC1CCCN1)OCCO2. The Labute approximate surface area is 111 Å². The average Bonchev–Trinajstić information content (AvgIpc) is 2.92. The highest BCUT2D eigenvalue weighted by Crippen LogP contribution is 2.42. The fourth-order valence-electron chi connectivity index (χ4n) is 2.79. The zero-order valence-corrected chi connectivity index (χ0v) is 11.0. The molecule has 1 unspecified atom stereocenters. The van der Waals surface area contributed by atoms with E-state index in [2.05, 4.69) is 5.32 Å². The van der Waals surface area contributed by atoms with Gasteiger partial charge in [0.25, 0.3) is 0 Å². The monoisotopic (exact) mass is 267 g/mol. The fourth-order valence-corrected chi connectivity index (χ4v) is 2.79. The van der Waals surface area contributed by atoms with Crippen LogP contribution < -0.4 is 19.5 Å². The number of hydrogen-bond donors (Lipinski definition) is 1. The number of benzene rings is 1. The highest BCUT2D eigenvalue weighted by Gasteiger charge is 2.27. The molecule has 104 valence electrons. The minimum atomic E-state index is -0.389. The van der Waals surface area contributed by atoms with Gasteiger partial charge in [-0.2, -0.15) is 0 Å². The first-order chi connectivity index (χ1) is 9.29. The number of fused-ring (bicyclic) bond motifs is 1. The molecule has 3 rings (SSSR count). The summed E-state index contributed by atoms with van der Waals surface area (Å²) in [4.78, 5) is 0. The molecule has 1 aromatic rings. The Hall–Kier alpha value is -1.49. The van der Waals surface area contributed by atoms with E-state index >= 15 is 0 Å². The van der Waals surface area contributed by atoms with Crippen LogP contribution in [0.15, 0.2) is 6.07 Å². The van der Waals surface area contributed by atoms with E-state index in [0.29, 0.717) is 37.2 Å². The lowest BCUT2D eigenvalue weighted by Crippen LogP contribution is -2.25. The van der Waals surface area contributed by atoms with E-state index in [4.69, 9.17) is 14.2 Å². The summed E-state index contributed by atoms with van der Waals surface area (Å²) in [6.45, 7) is 1.97. The number of nitrogens with one attached hydrogen (secondary N) is 1. The van der Waals surface area contributed by atoms with Crippen LogP contribution in [-0.2, 0) is 6.42 Å². The van der Waals surface area contributed by atoms with Crippen molar-refractivity contribution in [2.24, 2.45) is 0 Å². The van der Waals surface area contributed by atoms with Crippen molar-refractivity contribution in [1.82, 2.24) is 5.32 Å². The molecule has 0 saturated carbocycles. The topological polar surface area (TPSA) is 39.7 Å². The molecule has 0 radical (unpaired) electrons. The first-order valence-electron chi connectivity index (χ1n) is 6.68. The first-order valence-corrected chi connectivity index (χ1v) is 6.68. The van der Waals surface area contributed by atoms with Crippen LogP contribution in [0.1, 0.15) is 18.4 Å². The van der Waals surface area contributed by atoms with Gasteiger partial charge in [-0.1, -0.05) is 0 Å². The molecule has 4 nitrogen and oxygen atoms in total. The van der Waals surface area contributed by atoms with E-state index < -0.39 is 0 Å². The minimum absolute atomic E-state index is 0.276. The van der Waals surface area contributed by atoms with Crippen LogP contribution in [0.25, 0.3) is 0 Å². The van der Waals surface area contributed by atoms with Crippen molar-refractivity contribution in [2.75, 3.05) is 26.9 Å². The second-order valence-electron chi connectivity index (χ2n) is 4.89. The van der Waals surface area contributed by atoms with Crippen LogP contribution in [0.4, 0.5) is 4.39 Å². The van der Waals surface area contributed by atoms with Crippen molar-refractivity contribution in [1.29, 1.82) is 0 Å². The lowest BCUT2D eigenvalue weighted by molar-refractivity contribution is 0.167. The van der Waals surface area contributed by atoms with E-state index in [-0.39, 0.29) is 11.6 Å². The maximum Gasteiger partial charge on any atom is 0.169 e. The number of hydrogen-bond acceptors (Lipinski definition) is 4. The lowest BCUT2D eigenvalue weighted by atomic mass is 10.0. The van der Waals surface area contributed by atoms with Gasteiger partial charge in [-0.25, -0.2) is 4.39 Å². The van der Waals surface area contributed by atoms with Crippen molar-refractivity contribution in [3.63, 3.8) is 0 Å². The Morgan fingerprint density at radius 1 is 1.42 bits per heavy atom. The molecule has 0 amide bonds. The van der Waals surface area contributed by atoms with Gasteiger partial charge in [-0.15, -0.1) is 0 Å². The van der Waals surface area contributed by atoms with Crippen LogP contribution in [0.3, 0.4) is 0 Å². The van der Waals surface area contributed by atoms with E-state index in [1.165, 1.54) is 13.2 Å². The molecule has 2 heterocycles. The molecule has 19 heavy (non-hydrogen) atoms. The molecule has 2 aliphatic heterocycles. The van der Waals surface area contributed by atoms with Crippen LogP contribution in [0, 0.1) is 5.82 Å². The highest BCUT2D eigenvalue weighted by atomic mass is 19.1. The summed E-state index contributed by atoms with van der Waals surface area (Å²) in [5.41, 5.74) is 0.775. The highest BCUT2D eigenvalue weighted by molar-refractivity contribution is 5.55. The average molecular weight is 267 g/mol. The normalized spacial score (nSPS) is 21.5. The van der Waals surface area contributed by atoms with Crippen molar-refractivity contribution < 1.29 is 18.6 Å². The largest absolute Gasteiger partial charge is 0.493 e. The summed E-state index contributed by atoms with van der Waals surface area (Å²) < 4.78 is 30.4. The number of methoxy groups -OCH3 is 1. The van der Waals surface area contributed by atoms with Crippen LogP contribution >= 0.6 is 0 Å². The molecule has 0 bridgehead atoms. The smallest absolute Gasteiger partial charge is 0.169 e. The Morgan fingerprint density at radius 3 is 3.00 bits per heavy atom. The Kier molecular flexibility index (Phi) is 3.46. The Balaban J connectivity index is 2.00. The molecule has 1 fully saturated rings. The van der Waals surface area contributed by atoms with Crippen molar-refractivity contribution in [3.05, 3.63) is 17.4 Å². The molecule has 1 N–H and O–H groups in total. The predicted molar refractivity (Wildman–Crippen MR) is 68.7 cm³/mol. The minimum Gasteiger partial charge on any atom is -0.493 e. The summed E-state index contributed by atoms with van der Waals surface area (Å²) in [6.07, 6.45) is 2.95. The maximum absolute atomic E-state index is 14.0. The van der Waals surface area contributed by atoms with Gasteiger partial charge in [0.2, 0.25) is 0 Å². The molecule has 0 spiro atoms. The summed E-state index contributed by atoms with van der Waals surface area (Å²) in [7, 11) is 1.49. The molecule has 1 saturated heterocycles. The quantitative estimate of drug-likeness (QED) is 0.908. The first kappa shape index (κ1) is 12.5. The van der Waals surface area contributed by atoms with Gasteiger partial charge in [-0.05, 0) is 25.8 Å². The number of halogens is 1. The van der Waals surface area contributed by atoms with Crippen LogP contribution in [-0.4, -0.2) is 32.9 Å². The zero-order chi connectivity index (χ0) is 13.2. The molecule has 2 aliphatic rings. The zero-order valence-electron chi connectivity index (χ0n) is 11.0. The van der Waals surface area contributed by atoms with Crippen molar-refractivity contribution in [2.45, 2.75) is 25.3 Å². The van der Waals surface area contributed by atoms with Crippen LogP contribution in [0.2, 0.25) is 0 Å². The Morgan fingerprint density at radius 2 is 2.26 bits per heavy atom. The van der Waals surface area contributed by atoms with Gasteiger partial charge in [0.1, 0.15) is 13.2 Å². The standard InChI is InChI=1S/C14H18FNO3/c1-17-13-10(7-9-3-2-4-16-9)14-12(8-11(13)15)18-5-6-19-14/h8-9,16H,2-7H2,1H3. The number of ether oxygens (including phenoxy) is 3.